The lowest BCUT2D eigenvalue weighted by molar-refractivity contribution is 0.0354. The van der Waals surface area contributed by atoms with Gasteiger partial charge in [-0.3, -0.25) is 4.79 Å². The Labute approximate surface area is 180 Å². The Hall–Kier alpha value is -2.52. The normalized spacial score (nSPS) is 18.7. The van der Waals surface area contributed by atoms with Crippen LogP contribution in [0.1, 0.15) is 43.0 Å². The van der Waals surface area contributed by atoms with E-state index in [0.717, 1.165) is 41.0 Å². The molecule has 0 unspecified atom stereocenters. The van der Waals surface area contributed by atoms with Crippen molar-refractivity contribution >= 4 is 21.6 Å². The lowest BCUT2D eigenvalue weighted by Gasteiger charge is -2.52. The number of carbonyl (C=O) groups excluding carboxylic acids is 1. The summed E-state index contributed by atoms with van der Waals surface area (Å²) in [6.07, 6.45) is 2.35. The number of halogens is 2. The van der Waals surface area contributed by atoms with Crippen LogP contribution in [-0.2, 0) is 10.0 Å². The SMILES string of the molecule is CCCCN1C(=O)c2ccccc2NC12CCN(S(=O)(=O)c1c(F)cccc1F)CC2. The number of hydrogen-bond acceptors (Lipinski definition) is 4. The van der Waals surface area contributed by atoms with Gasteiger partial charge in [-0.25, -0.2) is 17.2 Å². The second-order valence-electron chi connectivity index (χ2n) is 7.97. The molecule has 0 aromatic heterocycles. The molecule has 0 radical (unpaired) electrons. The van der Waals surface area contributed by atoms with Crippen LogP contribution in [0.3, 0.4) is 0 Å². The molecule has 0 saturated carbocycles. The molecule has 2 aliphatic rings. The average molecular weight is 450 g/mol. The third kappa shape index (κ3) is 3.70. The van der Waals surface area contributed by atoms with E-state index in [1.165, 1.54) is 0 Å². The van der Waals surface area contributed by atoms with E-state index in [9.17, 15) is 22.0 Å². The maximum Gasteiger partial charge on any atom is 0.257 e. The first kappa shape index (κ1) is 21.7. The van der Waals surface area contributed by atoms with E-state index in [2.05, 4.69) is 5.32 Å². The molecule has 6 nitrogen and oxygen atoms in total. The number of para-hydroxylation sites is 1. The number of nitrogens with one attached hydrogen (secondary N) is 1. The Morgan fingerprint density at radius 2 is 1.68 bits per heavy atom. The number of rotatable bonds is 5. The van der Waals surface area contributed by atoms with Crippen LogP contribution in [-0.4, -0.2) is 48.8 Å². The first-order valence-electron chi connectivity index (χ1n) is 10.4. The van der Waals surface area contributed by atoms with Crippen LogP contribution in [0.25, 0.3) is 0 Å². The molecule has 1 saturated heterocycles. The Bertz CT molecular complexity index is 1080. The highest BCUT2D eigenvalue weighted by atomic mass is 32.2. The summed E-state index contributed by atoms with van der Waals surface area (Å²) in [7, 11) is -4.34. The first-order valence-corrected chi connectivity index (χ1v) is 11.9. The van der Waals surface area contributed by atoms with E-state index >= 15 is 0 Å². The number of unbranched alkanes of at least 4 members (excludes halogenated alkanes) is 1. The van der Waals surface area contributed by atoms with Crippen molar-refractivity contribution in [3.05, 3.63) is 59.7 Å². The van der Waals surface area contributed by atoms with Crippen molar-refractivity contribution in [3.8, 4) is 0 Å². The van der Waals surface area contributed by atoms with Crippen molar-refractivity contribution in [1.29, 1.82) is 0 Å². The molecule has 2 aromatic rings. The van der Waals surface area contributed by atoms with E-state index in [1.54, 1.807) is 11.0 Å². The predicted molar refractivity (Wildman–Crippen MR) is 113 cm³/mol. The van der Waals surface area contributed by atoms with Crippen molar-refractivity contribution in [1.82, 2.24) is 9.21 Å². The zero-order valence-corrected chi connectivity index (χ0v) is 18.1. The molecule has 0 aliphatic carbocycles. The van der Waals surface area contributed by atoms with Crippen LogP contribution in [0.15, 0.2) is 47.4 Å². The first-order chi connectivity index (χ1) is 14.8. The fourth-order valence-electron chi connectivity index (χ4n) is 4.42. The fourth-order valence-corrected chi connectivity index (χ4v) is 5.97. The van der Waals surface area contributed by atoms with Gasteiger partial charge in [-0.1, -0.05) is 31.5 Å². The van der Waals surface area contributed by atoms with Crippen molar-refractivity contribution in [3.63, 3.8) is 0 Å². The molecule has 1 spiro atoms. The number of amides is 1. The average Bonchev–Trinajstić information content (AvgIpc) is 2.74. The molecule has 0 bridgehead atoms. The van der Waals surface area contributed by atoms with Gasteiger partial charge in [-0.15, -0.1) is 0 Å². The topological polar surface area (TPSA) is 69.7 Å². The molecule has 1 N–H and O–H groups in total. The summed E-state index contributed by atoms with van der Waals surface area (Å²) in [4.78, 5) is 14.1. The van der Waals surface area contributed by atoms with Gasteiger partial charge < -0.3 is 10.2 Å². The molecule has 166 valence electrons. The van der Waals surface area contributed by atoms with Gasteiger partial charge in [0.25, 0.3) is 5.91 Å². The molecule has 1 fully saturated rings. The highest BCUT2D eigenvalue weighted by molar-refractivity contribution is 7.89. The predicted octanol–water partition coefficient (Wildman–Crippen LogP) is 3.81. The maximum atomic E-state index is 14.2. The van der Waals surface area contributed by atoms with Gasteiger partial charge in [0.2, 0.25) is 10.0 Å². The minimum absolute atomic E-state index is 0.0428. The van der Waals surface area contributed by atoms with E-state index in [-0.39, 0.29) is 19.0 Å². The number of fused-ring (bicyclic) bond motifs is 1. The van der Waals surface area contributed by atoms with Gasteiger partial charge in [0.15, 0.2) is 4.90 Å². The van der Waals surface area contributed by atoms with E-state index in [0.29, 0.717) is 24.9 Å². The lowest BCUT2D eigenvalue weighted by atomic mass is 9.90. The Morgan fingerprint density at radius 1 is 1.03 bits per heavy atom. The van der Waals surface area contributed by atoms with E-state index in [4.69, 9.17) is 0 Å². The molecule has 2 aromatic carbocycles. The number of benzene rings is 2. The summed E-state index contributed by atoms with van der Waals surface area (Å²) in [5.41, 5.74) is 0.574. The van der Waals surface area contributed by atoms with Gasteiger partial charge in [0, 0.05) is 38.2 Å². The molecule has 0 atom stereocenters. The summed E-state index contributed by atoms with van der Waals surface area (Å²) in [5.74, 6) is -2.30. The van der Waals surface area contributed by atoms with Crippen molar-refractivity contribution in [2.24, 2.45) is 0 Å². The summed E-state index contributed by atoms with van der Waals surface area (Å²) < 4.78 is 55.3. The second-order valence-corrected chi connectivity index (χ2v) is 9.84. The molecule has 2 aliphatic heterocycles. The summed E-state index contributed by atoms with van der Waals surface area (Å²) in [5, 5.41) is 3.47. The third-order valence-electron chi connectivity index (χ3n) is 6.09. The number of carbonyl (C=O) groups is 1. The zero-order chi connectivity index (χ0) is 22.2. The van der Waals surface area contributed by atoms with Crippen LogP contribution in [0.5, 0.6) is 0 Å². The third-order valence-corrected chi connectivity index (χ3v) is 8.04. The van der Waals surface area contributed by atoms with Crippen molar-refractivity contribution in [2.75, 3.05) is 25.0 Å². The number of piperidine rings is 1. The number of sulfonamides is 1. The molecular weight excluding hydrogens is 424 g/mol. The Balaban J connectivity index is 1.63. The van der Waals surface area contributed by atoms with Crippen LogP contribution in [0.4, 0.5) is 14.5 Å². The van der Waals surface area contributed by atoms with Crippen LogP contribution in [0.2, 0.25) is 0 Å². The van der Waals surface area contributed by atoms with E-state index < -0.39 is 32.2 Å². The molecule has 4 rings (SSSR count). The van der Waals surface area contributed by atoms with Gasteiger partial charge >= 0.3 is 0 Å². The highest BCUT2D eigenvalue weighted by Crippen LogP contribution is 2.39. The minimum Gasteiger partial charge on any atom is -0.362 e. The van der Waals surface area contributed by atoms with Gasteiger partial charge in [-0.2, -0.15) is 4.31 Å². The molecule has 9 heteroatoms. The zero-order valence-electron chi connectivity index (χ0n) is 17.3. The molecule has 31 heavy (non-hydrogen) atoms. The Morgan fingerprint density at radius 3 is 2.32 bits per heavy atom. The highest BCUT2D eigenvalue weighted by Gasteiger charge is 2.48. The van der Waals surface area contributed by atoms with Gasteiger partial charge in [0.05, 0.1) is 5.56 Å². The maximum absolute atomic E-state index is 14.2. The monoisotopic (exact) mass is 449 g/mol. The quantitative estimate of drug-likeness (QED) is 0.754. The number of nitrogens with zero attached hydrogens (tertiary/aromatic N) is 2. The van der Waals surface area contributed by atoms with E-state index in [1.807, 2.05) is 25.1 Å². The summed E-state index contributed by atoms with van der Waals surface area (Å²) in [6, 6.07) is 10.3. The second kappa shape index (κ2) is 8.20. The minimum atomic E-state index is -4.34. The standard InChI is InChI=1S/C22H25F2N3O3S/c1-2-3-13-27-21(28)16-7-4-5-10-19(16)25-22(27)11-14-26(15-12-22)31(29,30)20-17(23)8-6-9-18(20)24/h4-10,25H,2-3,11-15H2,1H3. The van der Waals surface area contributed by atoms with Crippen LogP contribution < -0.4 is 5.32 Å². The summed E-state index contributed by atoms with van der Waals surface area (Å²) >= 11 is 0. The lowest BCUT2D eigenvalue weighted by Crippen LogP contribution is -2.64. The molecular formula is C22H25F2N3O3S. The van der Waals surface area contributed by atoms with Crippen molar-refractivity contribution < 1.29 is 22.0 Å². The summed E-state index contributed by atoms with van der Waals surface area (Å²) in [6.45, 7) is 2.67. The largest absolute Gasteiger partial charge is 0.362 e. The number of hydrogen-bond donors (Lipinski definition) is 1. The fraction of sp³-hybridized carbons (Fsp3) is 0.409. The molecule has 2 heterocycles. The number of anilines is 1. The smallest absolute Gasteiger partial charge is 0.257 e. The van der Waals surface area contributed by atoms with Gasteiger partial charge in [0.1, 0.15) is 17.3 Å². The Kier molecular flexibility index (Phi) is 5.74. The van der Waals surface area contributed by atoms with Gasteiger partial charge in [-0.05, 0) is 30.7 Å². The van der Waals surface area contributed by atoms with Crippen LogP contribution >= 0.6 is 0 Å². The molecule has 1 amide bonds. The van der Waals surface area contributed by atoms with Crippen LogP contribution in [0, 0.1) is 11.6 Å². The van der Waals surface area contributed by atoms with Crippen molar-refractivity contribution in [2.45, 2.75) is 43.2 Å².